The number of benzene rings is 2. The van der Waals surface area contributed by atoms with Crippen molar-refractivity contribution >= 4 is 60.7 Å². The lowest BCUT2D eigenvalue weighted by Gasteiger charge is -2.46. The molecule has 13 nitrogen and oxygen atoms in total. The molecule has 14 heteroatoms. The number of pyridine rings is 2. The molecule has 0 saturated carbocycles. The Labute approximate surface area is 342 Å². The molecule has 6 rings (SSSR count). The van der Waals surface area contributed by atoms with Crippen molar-refractivity contribution in [3.05, 3.63) is 96.0 Å². The van der Waals surface area contributed by atoms with Gasteiger partial charge in [-0.1, -0.05) is 76.2 Å². The van der Waals surface area contributed by atoms with E-state index in [0.29, 0.717) is 43.2 Å². The highest BCUT2D eigenvalue weighted by Gasteiger charge is 2.40. The highest BCUT2D eigenvalue weighted by molar-refractivity contribution is 6.53. The van der Waals surface area contributed by atoms with Crippen LogP contribution in [0.4, 0.5) is 26.7 Å². The Balaban J connectivity index is 1.29. The van der Waals surface area contributed by atoms with E-state index in [4.69, 9.17) is 23.6 Å². The summed E-state index contributed by atoms with van der Waals surface area (Å²) in [6, 6.07) is 18.4. The number of piperidine rings is 1. The zero-order chi connectivity index (χ0) is 41.6. The van der Waals surface area contributed by atoms with Crippen LogP contribution >= 0.6 is 0 Å². The molecular weight excluding hydrogens is 753 g/mol. The van der Waals surface area contributed by atoms with Gasteiger partial charge in [0.15, 0.2) is 5.69 Å². The summed E-state index contributed by atoms with van der Waals surface area (Å²) in [5.41, 5.74) is 4.19. The summed E-state index contributed by atoms with van der Waals surface area (Å²) in [5.74, 6) is -0.559. The third kappa shape index (κ3) is 11.0. The first-order valence-electron chi connectivity index (χ1n) is 19.7. The van der Waals surface area contributed by atoms with Crippen LogP contribution in [0.5, 0.6) is 0 Å². The Morgan fingerprint density at radius 3 is 2.43 bits per heavy atom. The normalized spacial score (nSPS) is 18.7. The lowest BCUT2D eigenvalue weighted by atomic mass is 9.92. The van der Waals surface area contributed by atoms with Crippen LogP contribution in [0.2, 0.25) is 11.6 Å². The van der Waals surface area contributed by atoms with E-state index in [2.05, 4.69) is 66.2 Å². The largest absolute Gasteiger partial charge is 0.444 e. The monoisotopic (exact) mass is 807 g/mol. The van der Waals surface area contributed by atoms with Gasteiger partial charge in [0, 0.05) is 30.6 Å². The fraction of sp³-hybridized carbons (Fsp3) is 0.432. The summed E-state index contributed by atoms with van der Waals surface area (Å²) in [4.78, 5) is 52.1. The molecule has 2 aromatic carbocycles. The molecule has 1 radical (unpaired) electrons. The molecule has 2 aliphatic heterocycles. The third-order valence-electron chi connectivity index (χ3n) is 10.2. The van der Waals surface area contributed by atoms with Crippen LogP contribution in [0.25, 0.3) is 16.5 Å². The SMILES string of the molecule is C[C@H]1CN(c2ccncc2NC(=O)c2nc3cc(C4=CCOCC4)ccc3cc2NC(=O)OCc2ccccc2)C[C@@H](NC(=O)OC(C)(C)C)[C@@H]1O[Si](C)C(C)(C)C. The van der Waals surface area contributed by atoms with Crippen molar-refractivity contribution in [1.82, 2.24) is 15.3 Å². The minimum Gasteiger partial charge on any atom is -0.444 e. The standard InChI is InChI=1S/C44H55N6O7Si/c1-28-25-50(26-36(49-42(53)56-43(2,3)4)39(28)57-58(8)44(5,6)7)37-16-19-45-24-35(37)47-40(51)38-34(48-41(52)55-27-29-12-10-9-11-13-29)23-32-15-14-31(22-33(32)46-38)30-17-20-54-21-18-30/h9-17,19,22-24,28,36,39H,18,20-21,25-27H2,1-8H3,(H,47,51)(H,48,52)(H,49,53)/t28-,36+,39+/m0/s1. The van der Waals surface area contributed by atoms with Gasteiger partial charge in [0.05, 0.1) is 54.1 Å². The molecule has 4 aromatic rings. The van der Waals surface area contributed by atoms with Gasteiger partial charge in [0.2, 0.25) is 9.04 Å². The number of amides is 3. The minimum atomic E-state index is -1.26. The number of rotatable bonds is 10. The molecule has 3 N–H and O–H groups in total. The lowest BCUT2D eigenvalue weighted by Crippen LogP contribution is -2.61. The van der Waals surface area contributed by atoms with Gasteiger partial charge in [-0.2, -0.15) is 0 Å². The van der Waals surface area contributed by atoms with Crippen LogP contribution in [0.1, 0.15) is 76.5 Å². The number of aromatic nitrogens is 2. The molecule has 1 saturated heterocycles. The van der Waals surface area contributed by atoms with Crippen molar-refractivity contribution in [3.8, 4) is 0 Å². The van der Waals surface area contributed by atoms with Crippen LogP contribution in [-0.4, -0.2) is 81.2 Å². The molecule has 0 aliphatic carbocycles. The molecule has 3 atom stereocenters. The van der Waals surface area contributed by atoms with Gasteiger partial charge in [-0.3, -0.25) is 15.1 Å². The molecule has 0 unspecified atom stereocenters. The molecule has 4 heterocycles. The van der Waals surface area contributed by atoms with Gasteiger partial charge < -0.3 is 34.2 Å². The van der Waals surface area contributed by atoms with Crippen LogP contribution in [0, 0.1) is 5.92 Å². The number of hydrogen-bond donors (Lipinski definition) is 3. The molecule has 58 heavy (non-hydrogen) atoms. The molecule has 2 aliphatic rings. The Morgan fingerprint density at radius 2 is 1.72 bits per heavy atom. The molecule has 2 aromatic heterocycles. The van der Waals surface area contributed by atoms with Crippen LogP contribution < -0.4 is 20.9 Å². The molecule has 3 amide bonds. The van der Waals surface area contributed by atoms with Crippen molar-refractivity contribution < 1.29 is 33.0 Å². The van der Waals surface area contributed by atoms with E-state index >= 15 is 0 Å². The smallest absolute Gasteiger partial charge is 0.412 e. The average Bonchev–Trinajstić information content (AvgIpc) is 3.17. The second-order valence-electron chi connectivity index (χ2n) is 16.9. The molecule has 307 valence electrons. The molecule has 0 spiro atoms. The highest BCUT2D eigenvalue weighted by atomic mass is 28.3. The third-order valence-corrected chi connectivity index (χ3v) is 12.9. The first-order valence-corrected chi connectivity index (χ1v) is 21.6. The van der Waals surface area contributed by atoms with Gasteiger partial charge in [-0.15, -0.1) is 0 Å². The zero-order valence-electron chi connectivity index (χ0n) is 34.7. The van der Waals surface area contributed by atoms with E-state index in [1.54, 1.807) is 18.5 Å². The fourth-order valence-electron chi connectivity index (χ4n) is 6.86. The highest BCUT2D eigenvalue weighted by Crippen LogP contribution is 2.35. The Bertz CT molecular complexity index is 2130. The summed E-state index contributed by atoms with van der Waals surface area (Å²) in [6.07, 6.45) is 4.56. The van der Waals surface area contributed by atoms with Crippen molar-refractivity contribution in [2.45, 2.75) is 90.8 Å². The van der Waals surface area contributed by atoms with Gasteiger partial charge in [-0.25, -0.2) is 14.6 Å². The van der Waals surface area contributed by atoms with E-state index in [9.17, 15) is 14.4 Å². The number of nitrogens with one attached hydrogen (secondary N) is 3. The Kier molecular flexibility index (Phi) is 13.2. The van der Waals surface area contributed by atoms with Gasteiger partial charge in [0.1, 0.15) is 12.2 Å². The maximum Gasteiger partial charge on any atom is 0.412 e. The van der Waals surface area contributed by atoms with Gasteiger partial charge in [0.25, 0.3) is 5.91 Å². The maximum absolute atomic E-state index is 14.4. The van der Waals surface area contributed by atoms with E-state index in [1.165, 1.54) is 0 Å². The summed E-state index contributed by atoms with van der Waals surface area (Å²) in [5, 5.41) is 9.63. The molecule has 0 bridgehead atoms. The molecular formula is C44H55N6O7Si. The van der Waals surface area contributed by atoms with E-state index in [1.807, 2.05) is 75.4 Å². The number of ether oxygens (including phenoxy) is 3. The van der Waals surface area contributed by atoms with Crippen molar-refractivity contribution in [1.29, 1.82) is 0 Å². The predicted octanol–water partition coefficient (Wildman–Crippen LogP) is 8.59. The quantitative estimate of drug-likeness (QED) is 0.133. The number of nitrogens with zero attached hydrogens (tertiary/aromatic N) is 3. The molecule has 1 fully saturated rings. The minimum absolute atomic E-state index is 0.00169. The Hall–Kier alpha value is -5.31. The number of fused-ring (bicyclic) bond motifs is 1. The average molecular weight is 808 g/mol. The summed E-state index contributed by atoms with van der Waals surface area (Å²) in [7, 11) is -1.26. The summed E-state index contributed by atoms with van der Waals surface area (Å²) >= 11 is 0. The summed E-state index contributed by atoms with van der Waals surface area (Å²) in [6.45, 7) is 18.5. The van der Waals surface area contributed by atoms with Crippen molar-refractivity contribution in [2.75, 3.05) is 41.8 Å². The Morgan fingerprint density at radius 1 is 0.948 bits per heavy atom. The van der Waals surface area contributed by atoms with Crippen LogP contribution in [0.15, 0.2) is 79.1 Å². The van der Waals surface area contributed by atoms with Gasteiger partial charge in [-0.05, 0) is 73.7 Å². The topological polar surface area (TPSA) is 153 Å². The first kappa shape index (κ1) is 42.3. The lowest BCUT2D eigenvalue weighted by molar-refractivity contribution is 0.0354. The van der Waals surface area contributed by atoms with Crippen LogP contribution in [-0.2, 0) is 25.2 Å². The first-order chi connectivity index (χ1) is 27.5. The van der Waals surface area contributed by atoms with Crippen molar-refractivity contribution in [2.24, 2.45) is 5.92 Å². The second kappa shape index (κ2) is 18.1. The zero-order valence-corrected chi connectivity index (χ0v) is 35.7. The number of anilines is 3. The van der Waals surface area contributed by atoms with E-state index in [0.717, 1.165) is 28.5 Å². The number of alkyl carbamates (subject to hydrolysis) is 1. The predicted molar refractivity (Wildman–Crippen MR) is 228 cm³/mol. The number of carbonyl (C=O) groups excluding carboxylic acids is 3. The fourth-order valence-corrected chi connectivity index (χ4v) is 8.02. The number of carbonyl (C=O) groups is 3. The second-order valence-corrected chi connectivity index (χ2v) is 19.8. The maximum atomic E-state index is 14.4. The van der Waals surface area contributed by atoms with Crippen LogP contribution in [0.3, 0.4) is 0 Å². The van der Waals surface area contributed by atoms with Crippen molar-refractivity contribution in [3.63, 3.8) is 0 Å². The van der Waals surface area contributed by atoms with Gasteiger partial charge >= 0.3 is 12.2 Å². The van der Waals surface area contributed by atoms with E-state index in [-0.39, 0.29) is 35.0 Å². The summed E-state index contributed by atoms with van der Waals surface area (Å²) < 4.78 is 23.5. The number of hydrogen-bond acceptors (Lipinski definition) is 10. The van der Waals surface area contributed by atoms with E-state index < -0.39 is 38.8 Å².